The van der Waals surface area contributed by atoms with Crippen LogP contribution >= 0.6 is 24.0 Å². The number of para-hydroxylation sites is 1. The third kappa shape index (κ3) is 7.92. The number of benzene rings is 2. The lowest BCUT2D eigenvalue weighted by Crippen LogP contribution is -2.40. The van der Waals surface area contributed by atoms with Gasteiger partial charge in [-0.25, -0.2) is 0 Å². The van der Waals surface area contributed by atoms with E-state index in [-0.39, 0.29) is 30.6 Å². The van der Waals surface area contributed by atoms with Crippen molar-refractivity contribution < 1.29 is 9.53 Å². The molecule has 0 saturated carbocycles. The number of guanidine groups is 1. The van der Waals surface area contributed by atoms with Crippen molar-refractivity contribution in [1.82, 2.24) is 4.90 Å². The number of hydrogen-bond acceptors (Lipinski definition) is 3. The summed E-state index contributed by atoms with van der Waals surface area (Å²) in [5.74, 6) is 1.12. The van der Waals surface area contributed by atoms with Gasteiger partial charge < -0.3 is 20.7 Å². The van der Waals surface area contributed by atoms with Crippen molar-refractivity contribution in [1.29, 1.82) is 0 Å². The molecule has 1 heterocycles. The first-order valence-corrected chi connectivity index (χ1v) is 9.82. The number of rotatable bonds is 7. The Morgan fingerprint density at radius 2 is 1.72 bits per heavy atom. The van der Waals surface area contributed by atoms with Crippen molar-refractivity contribution in [3.8, 4) is 5.75 Å². The lowest BCUT2D eigenvalue weighted by molar-refractivity contribution is -0.119. The molecule has 3 N–H and O–H groups in total. The number of nitrogens with two attached hydrogens (primary N) is 1. The van der Waals surface area contributed by atoms with E-state index in [4.69, 9.17) is 15.5 Å². The van der Waals surface area contributed by atoms with E-state index in [0.29, 0.717) is 12.3 Å². The number of anilines is 1. The highest BCUT2D eigenvalue weighted by molar-refractivity contribution is 14.0. The van der Waals surface area contributed by atoms with Crippen molar-refractivity contribution >= 4 is 41.5 Å². The smallest absolute Gasteiger partial charge is 0.255 e. The van der Waals surface area contributed by atoms with E-state index >= 15 is 0 Å². The van der Waals surface area contributed by atoms with Gasteiger partial charge >= 0.3 is 0 Å². The number of nitrogens with zero attached hydrogens (tertiary/aromatic N) is 2. The van der Waals surface area contributed by atoms with Crippen LogP contribution in [-0.2, 0) is 11.2 Å². The average molecular weight is 508 g/mol. The van der Waals surface area contributed by atoms with E-state index in [1.165, 1.54) is 24.8 Å². The molecule has 1 aliphatic heterocycles. The second-order valence-corrected chi connectivity index (χ2v) is 6.89. The number of halogens is 1. The predicted octanol–water partition coefficient (Wildman–Crippen LogP) is 3.67. The number of carbonyl (C=O) groups excluding carboxylic acids is 1. The Morgan fingerprint density at radius 1 is 1.03 bits per heavy atom. The Kier molecular flexibility index (Phi) is 9.76. The van der Waals surface area contributed by atoms with Crippen LogP contribution in [-0.4, -0.2) is 43.0 Å². The summed E-state index contributed by atoms with van der Waals surface area (Å²) >= 11 is 0. The molecule has 0 radical (unpaired) electrons. The van der Waals surface area contributed by atoms with Gasteiger partial charge in [-0.2, -0.15) is 0 Å². The number of nitrogens with one attached hydrogen (secondary N) is 1. The number of primary amides is 1. The number of aliphatic imine (C=N–C) groups is 1. The minimum atomic E-state index is -0.477. The van der Waals surface area contributed by atoms with E-state index in [0.717, 1.165) is 31.2 Å². The highest BCUT2D eigenvalue weighted by Crippen LogP contribution is 2.14. The first-order chi connectivity index (χ1) is 13.7. The summed E-state index contributed by atoms with van der Waals surface area (Å²) in [6, 6.07) is 17.9. The van der Waals surface area contributed by atoms with E-state index in [9.17, 15) is 4.79 Å². The van der Waals surface area contributed by atoms with Gasteiger partial charge in [-0.05, 0) is 55.5 Å². The number of amides is 1. The SMILES string of the molecule is I.NC(=O)COc1ccc(CCN=C(Nc2ccccc2)N2CCCCC2)cc1. The van der Waals surface area contributed by atoms with Crippen LogP contribution in [0.15, 0.2) is 59.6 Å². The van der Waals surface area contributed by atoms with Crippen molar-refractivity contribution in [2.75, 3.05) is 31.6 Å². The quantitative estimate of drug-likeness (QED) is 0.340. The van der Waals surface area contributed by atoms with Crippen LogP contribution < -0.4 is 15.8 Å². The second kappa shape index (κ2) is 12.3. The molecule has 1 fully saturated rings. The summed E-state index contributed by atoms with van der Waals surface area (Å²) in [5, 5.41) is 3.48. The zero-order valence-electron chi connectivity index (χ0n) is 16.5. The first-order valence-electron chi connectivity index (χ1n) is 9.82. The van der Waals surface area contributed by atoms with Crippen LogP contribution in [0.5, 0.6) is 5.75 Å². The number of ether oxygens (including phenoxy) is 1. The fourth-order valence-corrected chi connectivity index (χ4v) is 3.17. The van der Waals surface area contributed by atoms with Gasteiger partial charge in [0.1, 0.15) is 5.75 Å². The molecule has 6 nitrogen and oxygen atoms in total. The Balaban J connectivity index is 0.00000300. The fourth-order valence-electron chi connectivity index (χ4n) is 3.17. The molecule has 7 heteroatoms. The normalized spacial score (nSPS) is 14.1. The van der Waals surface area contributed by atoms with Crippen molar-refractivity contribution in [3.05, 3.63) is 60.2 Å². The zero-order chi connectivity index (χ0) is 19.6. The molecule has 1 amide bonds. The van der Waals surface area contributed by atoms with Crippen LogP contribution in [0, 0.1) is 0 Å². The maximum absolute atomic E-state index is 10.8. The lowest BCUT2D eigenvalue weighted by atomic mass is 10.1. The Morgan fingerprint density at radius 3 is 2.38 bits per heavy atom. The Labute approximate surface area is 189 Å². The average Bonchev–Trinajstić information content (AvgIpc) is 2.74. The third-order valence-electron chi connectivity index (χ3n) is 4.65. The molecule has 156 valence electrons. The van der Waals surface area contributed by atoms with Crippen LogP contribution in [0.4, 0.5) is 5.69 Å². The molecule has 1 saturated heterocycles. The number of hydrogen-bond donors (Lipinski definition) is 2. The molecule has 0 atom stereocenters. The molecule has 0 spiro atoms. The molecule has 2 aromatic rings. The fraction of sp³-hybridized carbons (Fsp3) is 0.364. The van der Waals surface area contributed by atoms with Gasteiger partial charge in [0, 0.05) is 25.3 Å². The van der Waals surface area contributed by atoms with E-state index in [1.807, 2.05) is 42.5 Å². The van der Waals surface area contributed by atoms with Crippen molar-refractivity contribution in [3.63, 3.8) is 0 Å². The van der Waals surface area contributed by atoms with Crippen LogP contribution in [0.2, 0.25) is 0 Å². The molecule has 1 aliphatic rings. The molecular formula is C22H29IN4O2. The summed E-state index contributed by atoms with van der Waals surface area (Å²) in [7, 11) is 0. The predicted molar refractivity (Wildman–Crippen MR) is 128 cm³/mol. The molecule has 0 aliphatic carbocycles. The Bertz CT molecular complexity index is 775. The van der Waals surface area contributed by atoms with Gasteiger partial charge in [0.2, 0.25) is 0 Å². The Hall–Kier alpha value is -2.29. The maximum Gasteiger partial charge on any atom is 0.255 e. The zero-order valence-corrected chi connectivity index (χ0v) is 18.9. The van der Waals surface area contributed by atoms with Crippen LogP contribution in [0.25, 0.3) is 0 Å². The standard InChI is InChI=1S/C22H28N4O2.HI/c23-21(27)17-28-20-11-9-18(10-12-20)13-14-24-22(26-15-5-2-6-16-26)25-19-7-3-1-4-8-19;/h1,3-4,7-12H,2,5-6,13-17H2,(H2,23,27)(H,24,25);1H. The second-order valence-electron chi connectivity index (χ2n) is 6.89. The number of carbonyl (C=O) groups is 1. The largest absolute Gasteiger partial charge is 0.484 e. The molecular weight excluding hydrogens is 479 g/mol. The molecule has 0 aromatic heterocycles. The van der Waals surface area contributed by atoms with Crippen molar-refractivity contribution in [2.24, 2.45) is 10.7 Å². The molecule has 0 unspecified atom stereocenters. The molecule has 2 aromatic carbocycles. The maximum atomic E-state index is 10.8. The first kappa shape index (κ1) is 23.0. The number of piperidine rings is 1. The summed E-state index contributed by atoms with van der Waals surface area (Å²) in [6.07, 6.45) is 4.55. The highest BCUT2D eigenvalue weighted by Gasteiger charge is 2.14. The van der Waals surface area contributed by atoms with E-state index in [1.54, 1.807) is 0 Å². The summed E-state index contributed by atoms with van der Waals surface area (Å²) in [4.78, 5) is 18.0. The van der Waals surface area contributed by atoms with Gasteiger partial charge in [-0.15, -0.1) is 24.0 Å². The van der Waals surface area contributed by atoms with Gasteiger partial charge in [-0.1, -0.05) is 30.3 Å². The van der Waals surface area contributed by atoms with E-state index in [2.05, 4.69) is 22.3 Å². The van der Waals surface area contributed by atoms with E-state index < -0.39 is 5.91 Å². The minimum Gasteiger partial charge on any atom is -0.484 e. The minimum absolute atomic E-state index is 0. The summed E-state index contributed by atoms with van der Waals surface area (Å²) < 4.78 is 5.29. The van der Waals surface area contributed by atoms with Crippen LogP contribution in [0.3, 0.4) is 0 Å². The van der Waals surface area contributed by atoms with Gasteiger partial charge in [0.15, 0.2) is 12.6 Å². The lowest BCUT2D eigenvalue weighted by Gasteiger charge is -2.30. The molecule has 3 rings (SSSR count). The highest BCUT2D eigenvalue weighted by atomic mass is 127. The van der Waals surface area contributed by atoms with Gasteiger partial charge in [-0.3, -0.25) is 9.79 Å². The summed E-state index contributed by atoms with van der Waals surface area (Å²) in [5.41, 5.74) is 7.32. The van der Waals surface area contributed by atoms with Crippen LogP contribution in [0.1, 0.15) is 24.8 Å². The third-order valence-corrected chi connectivity index (χ3v) is 4.65. The molecule has 29 heavy (non-hydrogen) atoms. The van der Waals surface area contributed by atoms with Gasteiger partial charge in [0.25, 0.3) is 5.91 Å². The van der Waals surface area contributed by atoms with Gasteiger partial charge in [0.05, 0.1) is 0 Å². The van der Waals surface area contributed by atoms with Crippen molar-refractivity contribution in [2.45, 2.75) is 25.7 Å². The summed E-state index contributed by atoms with van der Waals surface area (Å²) in [6.45, 7) is 2.69. The number of likely N-dealkylation sites (tertiary alicyclic amines) is 1. The topological polar surface area (TPSA) is 80.0 Å². The monoisotopic (exact) mass is 508 g/mol. The molecule has 0 bridgehead atoms.